The third kappa shape index (κ3) is 5.14. The summed E-state index contributed by atoms with van der Waals surface area (Å²) in [5, 5.41) is 14.5. The number of nitrogens with zero attached hydrogens (tertiary/aromatic N) is 1. The zero-order valence-electron chi connectivity index (χ0n) is 16.3. The van der Waals surface area contributed by atoms with Crippen molar-refractivity contribution in [3.05, 3.63) is 90.8 Å². The molecule has 1 heterocycles. The maximum Gasteiger partial charge on any atom is 0.335 e. The fourth-order valence-electron chi connectivity index (χ4n) is 2.77. The van der Waals surface area contributed by atoms with Gasteiger partial charge >= 0.3 is 12.0 Å². The molecular weight excluding hydrogens is 418 g/mol. The van der Waals surface area contributed by atoms with Gasteiger partial charge in [0, 0.05) is 30.2 Å². The minimum Gasteiger partial charge on any atom is -0.478 e. The Balaban J connectivity index is 1.74. The number of carboxylic acid groups (broad SMARTS) is 1. The number of amides is 2. The molecule has 0 aliphatic rings. The number of carbonyl (C=O) groups excluding carboxylic acids is 1. The topological polar surface area (TPSA) is 125 Å². The zero-order valence-corrected chi connectivity index (χ0v) is 17.1. The molecule has 3 aromatic rings. The Morgan fingerprint density at radius 3 is 2.35 bits per heavy atom. The van der Waals surface area contributed by atoms with Crippen LogP contribution in [0.2, 0.25) is 0 Å². The molecule has 9 heteroatoms. The van der Waals surface area contributed by atoms with Crippen molar-refractivity contribution in [3.63, 3.8) is 0 Å². The van der Waals surface area contributed by atoms with Crippen LogP contribution in [-0.2, 0) is 21.2 Å². The SMILES string of the molecule is C=C(C(=O)O)c1ccccc1S(=O)(=O)c1ccc(NC(=O)NCc2cccnc2)cc1. The second-order valence-corrected chi connectivity index (χ2v) is 8.39. The summed E-state index contributed by atoms with van der Waals surface area (Å²) in [6.45, 7) is 3.74. The molecule has 3 N–H and O–H groups in total. The van der Waals surface area contributed by atoms with Crippen molar-refractivity contribution < 1.29 is 23.1 Å². The number of sulfone groups is 1. The molecule has 0 aliphatic heterocycles. The Morgan fingerprint density at radius 1 is 1.00 bits per heavy atom. The number of aliphatic carboxylic acids is 1. The third-order valence-corrected chi connectivity index (χ3v) is 6.19. The first-order chi connectivity index (χ1) is 14.8. The van der Waals surface area contributed by atoms with Crippen LogP contribution in [0, 0.1) is 0 Å². The van der Waals surface area contributed by atoms with Gasteiger partial charge in [0.1, 0.15) is 0 Å². The van der Waals surface area contributed by atoms with Gasteiger partial charge in [-0.05, 0) is 42.0 Å². The van der Waals surface area contributed by atoms with Gasteiger partial charge < -0.3 is 15.7 Å². The van der Waals surface area contributed by atoms with E-state index in [1.807, 2.05) is 6.07 Å². The van der Waals surface area contributed by atoms with E-state index in [0.717, 1.165) is 5.56 Å². The molecule has 2 aromatic carbocycles. The first-order valence-electron chi connectivity index (χ1n) is 9.09. The van der Waals surface area contributed by atoms with E-state index in [9.17, 15) is 23.1 Å². The molecule has 31 heavy (non-hydrogen) atoms. The van der Waals surface area contributed by atoms with Crippen LogP contribution in [-0.4, -0.2) is 30.5 Å². The molecule has 0 radical (unpaired) electrons. The number of anilines is 1. The average Bonchev–Trinajstić information content (AvgIpc) is 2.78. The molecule has 0 saturated carbocycles. The number of benzene rings is 2. The molecule has 158 valence electrons. The fraction of sp³-hybridized carbons (Fsp3) is 0.0455. The molecule has 0 saturated heterocycles. The Morgan fingerprint density at radius 2 is 1.71 bits per heavy atom. The van der Waals surface area contributed by atoms with Crippen molar-refractivity contribution in [1.82, 2.24) is 10.3 Å². The van der Waals surface area contributed by atoms with Gasteiger partial charge in [0.15, 0.2) is 0 Å². The third-order valence-electron chi connectivity index (χ3n) is 4.36. The summed E-state index contributed by atoms with van der Waals surface area (Å²) in [5.41, 5.74) is 0.932. The monoisotopic (exact) mass is 437 g/mol. The van der Waals surface area contributed by atoms with E-state index in [4.69, 9.17) is 0 Å². The predicted molar refractivity (Wildman–Crippen MR) is 115 cm³/mol. The summed E-state index contributed by atoms with van der Waals surface area (Å²) in [6.07, 6.45) is 3.27. The number of aromatic nitrogens is 1. The number of urea groups is 1. The highest BCUT2D eigenvalue weighted by Gasteiger charge is 2.24. The minimum absolute atomic E-state index is 0.0204. The van der Waals surface area contributed by atoms with Gasteiger partial charge in [0.05, 0.1) is 15.4 Å². The molecule has 0 unspecified atom stereocenters. The quantitative estimate of drug-likeness (QED) is 0.487. The smallest absolute Gasteiger partial charge is 0.335 e. The van der Waals surface area contributed by atoms with E-state index < -0.39 is 21.8 Å². The van der Waals surface area contributed by atoms with Crippen LogP contribution in [0.15, 0.2) is 89.4 Å². The lowest BCUT2D eigenvalue weighted by atomic mass is 10.1. The fourth-order valence-corrected chi connectivity index (χ4v) is 4.26. The van der Waals surface area contributed by atoms with E-state index >= 15 is 0 Å². The van der Waals surface area contributed by atoms with Crippen LogP contribution in [0.3, 0.4) is 0 Å². The lowest BCUT2D eigenvalue weighted by molar-refractivity contribution is -0.130. The first-order valence-corrected chi connectivity index (χ1v) is 10.6. The molecule has 0 atom stereocenters. The van der Waals surface area contributed by atoms with Crippen LogP contribution < -0.4 is 10.6 Å². The number of hydrogen-bond donors (Lipinski definition) is 3. The maximum absolute atomic E-state index is 13.0. The summed E-state index contributed by atoms with van der Waals surface area (Å²) in [7, 11) is -4.00. The number of hydrogen-bond acceptors (Lipinski definition) is 5. The number of rotatable bonds is 7. The van der Waals surface area contributed by atoms with Gasteiger partial charge in [0.2, 0.25) is 9.84 Å². The van der Waals surface area contributed by atoms with Crippen molar-refractivity contribution >= 4 is 33.1 Å². The highest BCUT2D eigenvalue weighted by atomic mass is 32.2. The van der Waals surface area contributed by atoms with Gasteiger partial charge in [-0.2, -0.15) is 0 Å². The van der Waals surface area contributed by atoms with Gasteiger partial charge in [-0.25, -0.2) is 18.0 Å². The van der Waals surface area contributed by atoms with Crippen LogP contribution in [0.25, 0.3) is 5.57 Å². The number of carboxylic acids is 1. The Labute approximate surface area is 179 Å². The molecule has 0 aliphatic carbocycles. The molecule has 3 rings (SSSR count). The summed E-state index contributed by atoms with van der Waals surface area (Å²) < 4.78 is 26.1. The van der Waals surface area contributed by atoms with Crippen molar-refractivity contribution in [3.8, 4) is 0 Å². The lowest BCUT2D eigenvalue weighted by Gasteiger charge is -2.12. The van der Waals surface area contributed by atoms with Gasteiger partial charge in [-0.15, -0.1) is 0 Å². The lowest BCUT2D eigenvalue weighted by Crippen LogP contribution is -2.28. The van der Waals surface area contributed by atoms with E-state index in [1.54, 1.807) is 24.5 Å². The van der Waals surface area contributed by atoms with E-state index in [0.29, 0.717) is 5.69 Å². The summed E-state index contributed by atoms with van der Waals surface area (Å²) >= 11 is 0. The largest absolute Gasteiger partial charge is 0.478 e. The van der Waals surface area contributed by atoms with Crippen LogP contribution in [0.1, 0.15) is 11.1 Å². The van der Waals surface area contributed by atoms with Crippen LogP contribution in [0.5, 0.6) is 0 Å². The van der Waals surface area contributed by atoms with Gasteiger partial charge in [0.25, 0.3) is 0 Å². The normalized spacial score (nSPS) is 10.8. The summed E-state index contributed by atoms with van der Waals surface area (Å²) in [5.74, 6) is -1.31. The molecular formula is C22H19N3O5S. The molecule has 0 fully saturated rings. The molecule has 0 spiro atoms. The Bertz CT molecular complexity index is 1220. The molecule has 2 amide bonds. The van der Waals surface area contributed by atoms with Gasteiger partial charge in [-0.3, -0.25) is 4.98 Å². The van der Waals surface area contributed by atoms with E-state index in [-0.39, 0.29) is 27.5 Å². The van der Waals surface area contributed by atoms with Gasteiger partial charge in [-0.1, -0.05) is 30.8 Å². The van der Waals surface area contributed by atoms with Crippen molar-refractivity contribution in [2.75, 3.05) is 5.32 Å². The first kappa shape index (κ1) is 21.7. The van der Waals surface area contributed by atoms with Crippen molar-refractivity contribution in [2.24, 2.45) is 0 Å². The predicted octanol–water partition coefficient (Wildman–Crippen LogP) is 3.33. The second kappa shape index (κ2) is 9.23. The second-order valence-electron chi connectivity index (χ2n) is 6.48. The standard InChI is InChI=1S/C22H19N3O5S/c1-15(21(26)27)19-6-2-3-7-20(19)31(29,30)18-10-8-17(9-11-18)25-22(28)24-14-16-5-4-12-23-13-16/h2-13H,1,14H2,(H,26,27)(H2,24,25,28). The van der Waals surface area contributed by atoms with Crippen molar-refractivity contribution in [1.29, 1.82) is 0 Å². The van der Waals surface area contributed by atoms with E-state index in [1.165, 1.54) is 42.5 Å². The maximum atomic E-state index is 13.0. The molecule has 1 aromatic heterocycles. The highest BCUT2D eigenvalue weighted by molar-refractivity contribution is 7.91. The zero-order chi connectivity index (χ0) is 22.4. The summed E-state index contributed by atoms with van der Waals surface area (Å²) in [6, 6.07) is 14.5. The number of pyridine rings is 1. The highest BCUT2D eigenvalue weighted by Crippen LogP contribution is 2.28. The number of nitrogens with one attached hydrogen (secondary N) is 2. The Kier molecular flexibility index (Phi) is 6.46. The van der Waals surface area contributed by atoms with Crippen molar-refractivity contribution in [2.45, 2.75) is 16.3 Å². The molecule has 8 nitrogen and oxygen atoms in total. The Hall–Kier alpha value is -3.98. The van der Waals surface area contributed by atoms with E-state index in [2.05, 4.69) is 22.2 Å². The average molecular weight is 437 g/mol. The van der Waals surface area contributed by atoms with Crippen LogP contribution in [0.4, 0.5) is 10.5 Å². The van der Waals surface area contributed by atoms with Crippen LogP contribution >= 0.6 is 0 Å². The summed E-state index contributed by atoms with van der Waals surface area (Å²) in [4.78, 5) is 27.1. The number of carbonyl (C=O) groups is 2. The molecule has 0 bridgehead atoms. The minimum atomic E-state index is -4.00.